The van der Waals surface area contributed by atoms with E-state index in [0.717, 1.165) is 5.76 Å². The summed E-state index contributed by atoms with van der Waals surface area (Å²) in [5.74, 6) is 0.727. The normalized spacial score (nSPS) is 15.4. The molecule has 1 aliphatic rings. The van der Waals surface area contributed by atoms with Gasteiger partial charge in [0.25, 0.3) is 5.91 Å². The predicted molar refractivity (Wildman–Crippen MR) is 78.2 cm³/mol. The predicted octanol–water partition coefficient (Wildman–Crippen LogP) is 2.04. The molecule has 0 unspecified atom stereocenters. The Labute approximate surface area is 127 Å². The van der Waals surface area contributed by atoms with Crippen LogP contribution in [-0.2, 0) is 6.54 Å². The van der Waals surface area contributed by atoms with Crippen LogP contribution >= 0.6 is 0 Å². The summed E-state index contributed by atoms with van der Waals surface area (Å²) in [5, 5.41) is 2.51. The number of nitrogens with zero attached hydrogens (tertiary/aromatic N) is 1. The van der Waals surface area contributed by atoms with Crippen LogP contribution in [0, 0.1) is 5.82 Å². The Hall–Kier alpha value is -2.34. The van der Waals surface area contributed by atoms with Crippen molar-refractivity contribution in [2.45, 2.75) is 12.6 Å². The van der Waals surface area contributed by atoms with Gasteiger partial charge in [-0.05, 0) is 24.3 Å². The highest BCUT2D eigenvalue weighted by Gasteiger charge is 2.29. The summed E-state index contributed by atoms with van der Waals surface area (Å²) in [4.78, 5) is 13.5. The van der Waals surface area contributed by atoms with Crippen LogP contribution in [0.2, 0.25) is 0 Å². The van der Waals surface area contributed by atoms with Gasteiger partial charge in [-0.2, -0.15) is 0 Å². The van der Waals surface area contributed by atoms with Gasteiger partial charge in [0.05, 0.1) is 6.54 Å². The molecule has 3 rings (SSSR count). The van der Waals surface area contributed by atoms with Gasteiger partial charge >= 0.3 is 0 Å². The maximum atomic E-state index is 13.5. The van der Waals surface area contributed by atoms with Gasteiger partial charge in [0, 0.05) is 20.1 Å². The molecule has 0 saturated carbocycles. The van der Waals surface area contributed by atoms with Crippen LogP contribution in [0.1, 0.15) is 16.3 Å². The number of nitrogens with one attached hydrogen (secondary N) is 1. The number of ether oxygens (including phenoxy) is 1. The van der Waals surface area contributed by atoms with E-state index in [4.69, 9.17) is 9.15 Å². The summed E-state index contributed by atoms with van der Waals surface area (Å²) in [7, 11) is 1.56. The number of benzene rings is 1. The number of halogens is 1. The van der Waals surface area contributed by atoms with Gasteiger partial charge in [-0.1, -0.05) is 12.1 Å². The Kier molecular flexibility index (Phi) is 4.11. The van der Waals surface area contributed by atoms with E-state index < -0.39 is 0 Å². The van der Waals surface area contributed by atoms with Crippen LogP contribution in [0.25, 0.3) is 0 Å². The first kappa shape index (κ1) is 14.6. The zero-order valence-electron chi connectivity index (χ0n) is 12.2. The third kappa shape index (κ3) is 3.12. The van der Waals surface area contributed by atoms with Gasteiger partial charge in [-0.25, -0.2) is 4.39 Å². The topological polar surface area (TPSA) is 54.7 Å². The molecule has 1 saturated heterocycles. The van der Waals surface area contributed by atoms with E-state index in [1.54, 1.807) is 37.4 Å². The molecular formula is C16H17FN2O3. The molecule has 0 radical (unpaired) electrons. The smallest absolute Gasteiger partial charge is 0.286 e. The number of rotatable bonds is 5. The van der Waals surface area contributed by atoms with E-state index in [-0.39, 0.29) is 23.6 Å². The lowest BCUT2D eigenvalue weighted by Crippen LogP contribution is -2.53. The third-order valence-electron chi connectivity index (χ3n) is 3.55. The maximum Gasteiger partial charge on any atom is 0.286 e. The second-order valence-electron chi connectivity index (χ2n) is 5.21. The SMILES string of the molecule is CNC(=O)c1ccc(CN2CC(Oc3ccccc3F)C2)o1. The summed E-state index contributed by atoms with van der Waals surface area (Å²) >= 11 is 0. The molecule has 2 aromatic rings. The van der Waals surface area contributed by atoms with Crippen LogP contribution in [0.4, 0.5) is 4.39 Å². The van der Waals surface area contributed by atoms with Gasteiger partial charge in [0.15, 0.2) is 17.3 Å². The lowest BCUT2D eigenvalue weighted by molar-refractivity contribution is 0.00836. The monoisotopic (exact) mass is 304 g/mol. The van der Waals surface area contributed by atoms with Crippen molar-refractivity contribution < 1.29 is 18.3 Å². The Morgan fingerprint density at radius 2 is 2.14 bits per heavy atom. The Morgan fingerprint density at radius 1 is 1.36 bits per heavy atom. The average molecular weight is 304 g/mol. The summed E-state index contributed by atoms with van der Waals surface area (Å²) in [5.41, 5.74) is 0. The molecule has 0 atom stereocenters. The number of likely N-dealkylation sites (tertiary alicyclic amines) is 1. The first-order valence-corrected chi connectivity index (χ1v) is 7.10. The van der Waals surface area contributed by atoms with Crippen molar-refractivity contribution >= 4 is 5.91 Å². The van der Waals surface area contributed by atoms with Crippen LogP contribution in [-0.4, -0.2) is 37.0 Å². The van der Waals surface area contributed by atoms with Gasteiger partial charge in [0.2, 0.25) is 0 Å². The number of para-hydroxylation sites is 1. The fraction of sp³-hybridized carbons (Fsp3) is 0.312. The van der Waals surface area contributed by atoms with Crippen molar-refractivity contribution in [1.82, 2.24) is 10.2 Å². The molecule has 1 amide bonds. The van der Waals surface area contributed by atoms with Crippen molar-refractivity contribution in [3.05, 3.63) is 53.7 Å². The van der Waals surface area contributed by atoms with Crippen molar-refractivity contribution in [2.24, 2.45) is 0 Å². The molecule has 1 aromatic carbocycles. The second kappa shape index (κ2) is 6.19. The fourth-order valence-corrected chi connectivity index (χ4v) is 2.37. The van der Waals surface area contributed by atoms with Crippen LogP contribution in [0.5, 0.6) is 5.75 Å². The maximum absolute atomic E-state index is 13.5. The third-order valence-corrected chi connectivity index (χ3v) is 3.55. The van der Waals surface area contributed by atoms with Gasteiger partial charge < -0.3 is 14.5 Å². The number of furan rings is 1. The molecule has 2 heterocycles. The number of carbonyl (C=O) groups is 1. The Morgan fingerprint density at radius 3 is 2.86 bits per heavy atom. The highest BCUT2D eigenvalue weighted by molar-refractivity contribution is 5.91. The summed E-state index contributed by atoms with van der Waals surface area (Å²) in [6.45, 7) is 2.00. The van der Waals surface area contributed by atoms with E-state index in [0.29, 0.717) is 25.4 Å². The lowest BCUT2D eigenvalue weighted by atomic mass is 10.1. The van der Waals surface area contributed by atoms with Crippen molar-refractivity contribution in [3.63, 3.8) is 0 Å². The zero-order chi connectivity index (χ0) is 15.5. The largest absolute Gasteiger partial charge is 0.485 e. The number of hydrogen-bond acceptors (Lipinski definition) is 4. The van der Waals surface area contributed by atoms with Crippen LogP contribution in [0.15, 0.2) is 40.8 Å². The summed E-state index contributed by atoms with van der Waals surface area (Å²) in [6.07, 6.45) is -0.0229. The van der Waals surface area contributed by atoms with Crippen molar-refractivity contribution in [1.29, 1.82) is 0 Å². The molecule has 1 N–H and O–H groups in total. The summed E-state index contributed by atoms with van der Waals surface area (Å²) < 4.78 is 24.5. The minimum absolute atomic E-state index is 0.0229. The molecular weight excluding hydrogens is 287 g/mol. The zero-order valence-corrected chi connectivity index (χ0v) is 12.2. The molecule has 5 nitrogen and oxygen atoms in total. The molecule has 1 aromatic heterocycles. The van der Waals surface area contributed by atoms with E-state index in [1.807, 2.05) is 0 Å². The highest BCUT2D eigenvalue weighted by Crippen LogP contribution is 2.22. The molecule has 1 aliphatic heterocycles. The first-order chi connectivity index (χ1) is 10.7. The molecule has 6 heteroatoms. The van der Waals surface area contributed by atoms with E-state index in [1.165, 1.54) is 6.07 Å². The molecule has 22 heavy (non-hydrogen) atoms. The van der Waals surface area contributed by atoms with E-state index in [9.17, 15) is 9.18 Å². The fourth-order valence-electron chi connectivity index (χ4n) is 2.37. The van der Waals surface area contributed by atoms with E-state index in [2.05, 4.69) is 10.2 Å². The van der Waals surface area contributed by atoms with Crippen LogP contribution in [0.3, 0.4) is 0 Å². The van der Waals surface area contributed by atoms with Crippen molar-refractivity contribution in [2.75, 3.05) is 20.1 Å². The van der Waals surface area contributed by atoms with Gasteiger partial charge in [-0.15, -0.1) is 0 Å². The number of hydrogen-bond donors (Lipinski definition) is 1. The van der Waals surface area contributed by atoms with Crippen molar-refractivity contribution in [3.8, 4) is 5.75 Å². The highest BCUT2D eigenvalue weighted by atomic mass is 19.1. The molecule has 1 fully saturated rings. The Bertz CT molecular complexity index is 665. The Balaban J connectivity index is 1.49. The van der Waals surface area contributed by atoms with Crippen LogP contribution < -0.4 is 10.1 Å². The summed E-state index contributed by atoms with van der Waals surface area (Å²) in [6, 6.07) is 9.83. The number of amides is 1. The molecule has 116 valence electrons. The molecule has 0 aliphatic carbocycles. The first-order valence-electron chi connectivity index (χ1n) is 7.10. The molecule has 0 spiro atoms. The molecule has 0 bridgehead atoms. The lowest BCUT2D eigenvalue weighted by Gasteiger charge is -2.38. The quantitative estimate of drug-likeness (QED) is 0.918. The standard InChI is InChI=1S/C16H17FN2O3/c1-18-16(20)15-7-6-11(21-15)8-19-9-12(10-19)22-14-5-3-2-4-13(14)17/h2-7,12H,8-10H2,1H3,(H,18,20). The number of carbonyl (C=O) groups excluding carboxylic acids is 1. The van der Waals surface area contributed by atoms with E-state index >= 15 is 0 Å². The minimum Gasteiger partial charge on any atom is -0.485 e. The minimum atomic E-state index is -0.345. The van der Waals surface area contributed by atoms with Gasteiger partial charge in [0.1, 0.15) is 11.9 Å². The average Bonchev–Trinajstić information content (AvgIpc) is 2.95. The second-order valence-corrected chi connectivity index (χ2v) is 5.21. The van der Waals surface area contributed by atoms with Gasteiger partial charge in [-0.3, -0.25) is 9.69 Å².